The van der Waals surface area contributed by atoms with Crippen LogP contribution in [-0.4, -0.2) is 33.9 Å². The highest BCUT2D eigenvalue weighted by Gasteiger charge is 2.24. The van der Waals surface area contributed by atoms with Crippen LogP contribution in [0.3, 0.4) is 0 Å². The molecular weight excluding hydrogens is 300 g/mol. The van der Waals surface area contributed by atoms with Crippen molar-refractivity contribution in [2.75, 3.05) is 13.1 Å². The summed E-state index contributed by atoms with van der Waals surface area (Å²) in [6.45, 7) is 2.05. The zero-order valence-electron chi connectivity index (χ0n) is 13.7. The van der Waals surface area contributed by atoms with Crippen LogP contribution in [0.25, 0.3) is 0 Å². The Kier molecular flexibility index (Phi) is 4.26. The van der Waals surface area contributed by atoms with Crippen LogP contribution in [0.4, 0.5) is 0 Å². The minimum atomic E-state index is 0.106. The van der Waals surface area contributed by atoms with Crippen LogP contribution in [0.15, 0.2) is 36.8 Å². The molecule has 2 aromatic rings. The number of fused-ring (bicyclic) bond motifs is 2. The van der Waals surface area contributed by atoms with Gasteiger partial charge in [-0.1, -0.05) is 24.3 Å². The minimum absolute atomic E-state index is 0.106. The first-order valence-electron chi connectivity index (χ1n) is 8.67. The average Bonchev–Trinajstić information content (AvgIpc) is 2.62. The first kappa shape index (κ1) is 15.3. The summed E-state index contributed by atoms with van der Waals surface area (Å²) in [7, 11) is 0. The van der Waals surface area contributed by atoms with Gasteiger partial charge in [0.15, 0.2) is 0 Å². The van der Waals surface area contributed by atoms with Crippen molar-refractivity contribution in [3.63, 3.8) is 0 Å². The van der Waals surface area contributed by atoms with E-state index >= 15 is 0 Å². The Morgan fingerprint density at radius 3 is 3.12 bits per heavy atom. The van der Waals surface area contributed by atoms with Crippen LogP contribution in [0, 0.1) is 0 Å². The predicted molar refractivity (Wildman–Crippen MR) is 91.3 cm³/mol. The van der Waals surface area contributed by atoms with Gasteiger partial charge in [0.2, 0.25) is 5.91 Å². The third-order valence-corrected chi connectivity index (χ3v) is 5.02. The molecule has 2 aliphatic rings. The molecule has 0 fully saturated rings. The van der Waals surface area contributed by atoms with Gasteiger partial charge in [0.1, 0.15) is 6.33 Å². The average molecular weight is 322 g/mol. The molecule has 24 heavy (non-hydrogen) atoms. The molecule has 4 rings (SSSR count). The zero-order chi connectivity index (χ0) is 16.4. The Hall–Kier alpha value is -2.27. The van der Waals surface area contributed by atoms with Crippen LogP contribution < -0.4 is 5.32 Å². The van der Waals surface area contributed by atoms with Gasteiger partial charge in [-0.15, -0.1) is 0 Å². The van der Waals surface area contributed by atoms with Crippen molar-refractivity contribution in [3.05, 3.63) is 59.2 Å². The Balaban J connectivity index is 1.38. The fraction of sp³-hybridized carbons (Fsp3) is 0.421. The van der Waals surface area contributed by atoms with Crippen molar-refractivity contribution in [1.29, 1.82) is 0 Å². The monoisotopic (exact) mass is 322 g/mol. The number of benzene rings is 1. The summed E-state index contributed by atoms with van der Waals surface area (Å²) in [4.78, 5) is 23.1. The number of nitrogens with zero attached hydrogens (tertiary/aromatic N) is 3. The topological polar surface area (TPSA) is 58.1 Å². The summed E-state index contributed by atoms with van der Waals surface area (Å²) in [5, 5.41) is 3.23. The molecule has 1 unspecified atom stereocenters. The molecule has 5 heteroatoms. The second-order valence-electron chi connectivity index (χ2n) is 6.67. The van der Waals surface area contributed by atoms with E-state index in [1.165, 1.54) is 16.7 Å². The largest absolute Gasteiger partial charge is 0.348 e. The van der Waals surface area contributed by atoms with E-state index in [-0.39, 0.29) is 11.9 Å². The molecule has 0 bridgehead atoms. The quantitative estimate of drug-likeness (QED) is 0.939. The van der Waals surface area contributed by atoms with Gasteiger partial charge in [-0.05, 0) is 42.4 Å². The molecule has 1 aliphatic heterocycles. The standard InChI is InChI=1S/C19H22N4O/c24-19(12-23-9-8-15-10-20-13-21-18(15)11-23)22-17-7-3-5-14-4-1-2-6-16(14)17/h1-2,4,6,10,13,17H,3,5,7-9,11-12H2,(H,22,24). The van der Waals surface area contributed by atoms with Crippen LogP contribution in [0.5, 0.6) is 0 Å². The Bertz CT molecular complexity index is 746. The Morgan fingerprint density at radius 1 is 1.25 bits per heavy atom. The third-order valence-electron chi connectivity index (χ3n) is 5.02. The molecule has 1 amide bonds. The molecule has 5 nitrogen and oxygen atoms in total. The lowest BCUT2D eigenvalue weighted by Crippen LogP contribution is -2.41. The third kappa shape index (κ3) is 3.17. The number of aromatic nitrogens is 2. The van der Waals surface area contributed by atoms with Gasteiger partial charge in [-0.2, -0.15) is 0 Å². The number of rotatable bonds is 3. The first-order chi connectivity index (χ1) is 11.8. The molecule has 0 saturated heterocycles. The summed E-state index contributed by atoms with van der Waals surface area (Å²) in [5.41, 5.74) is 4.91. The number of nitrogens with one attached hydrogen (secondary N) is 1. The van der Waals surface area contributed by atoms with Crippen molar-refractivity contribution >= 4 is 5.91 Å². The van der Waals surface area contributed by atoms with Crippen molar-refractivity contribution in [2.24, 2.45) is 0 Å². The number of carbonyl (C=O) groups excluding carboxylic acids is 1. The lowest BCUT2D eigenvalue weighted by atomic mass is 9.88. The van der Waals surface area contributed by atoms with Gasteiger partial charge in [-0.25, -0.2) is 9.97 Å². The minimum Gasteiger partial charge on any atom is -0.348 e. The number of aryl methyl sites for hydroxylation is 1. The predicted octanol–water partition coefficient (Wildman–Crippen LogP) is 2.03. The highest BCUT2D eigenvalue weighted by Crippen LogP contribution is 2.29. The summed E-state index contributed by atoms with van der Waals surface area (Å²) < 4.78 is 0. The lowest BCUT2D eigenvalue weighted by Gasteiger charge is -2.29. The van der Waals surface area contributed by atoms with Gasteiger partial charge in [0, 0.05) is 19.3 Å². The fourth-order valence-corrected chi connectivity index (χ4v) is 3.79. The molecule has 1 aromatic heterocycles. The second-order valence-corrected chi connectivity index (χ2v) is 6.67. The van der Waals surface area contributed by atoms with E-state index in [1.54, 1.807) is 6.33 Å². The van der Waals surface area contributed by atoms with E-state index < -0.39 is 0 Å². The summed E-state index contributed by atoms with van der Waals surface area (Å²) in [6, 6.07) is 8.62. The maximum Gasteiger partial charge on any atom is 0.234 e. The first-order valence-corrected chi connectivity index (χ1v) is 8.67. The lowest BCUT2D eigenvalue weighted by molar-refractivity contribution is -0.123. The van der Waals surface area contributed by atoms with E-state index in [9.17, 15) is 4.79 Å². The molecule has 0 radical (unpaired) electrons. The van der Waals surface area contributed by atoms with Crippen LogP contribution in [-0.2, 0) is 24.2 Å². The van der Waals surface area contributed by atoms with E-state index in [0.29, 0.717) is 6.54 Å². The Labute approximate surface area is 142 Å². The molecule has 1 N–H and O–H groups in total. The molecule has 1 atom stereocenters. The maximum atomic E-state index is 12.5. The van der Waals surface area contributed by atoms with Gasteiger partial charge in [-0.3, -0.25) is 9.69 Å². The van der Waals surface area contributed by atoms with E-state index in [2.05, 4.69) is 44.5 Å². The molecule has 0 saturated carbocycles. The van der Waals surface area contributed by atoms with Crippen molar-refractivity contribution in [3.8, 4) is 0 Å². The fourth-order valence-electron chi connectivity index (χ4n) is 3.79. The van der Waals surface area contributed by atoms with E-state index in [4.69, 9.17) is 0 Å². The van der Waals surface area contributed by atoms with E-state index in [0.717, 1.165) is 44.5 Å². The van der Waals surface area contributed by atoms with Gasteiger partial charge in [0.05, 0.1) is 18.3 Å². The highest BCUT2D eigenvalue weighted by molar-refractivity contribution is 5.78. The Morgan fingerprint density at radius 2 is 2.17 bits per heavy atom. The number of hydrogen-bond acceptors (Lipinski definition) is 4. The summed E-state index contributed by atoms with van der Waals surface area (Å²) in [6.07, 6.45) is 7.66. The van der Waals surface area contributed by atoms with Crippen LogP contribution in [0.2, 0.25) is 0 Å². The van der Waals surface area contributed by atoms with Gasteiger partial charge >= 0.3 is 0 Å². The molecule has 124 valence electrons. The molecule has 1 aromatic carbocycles. The van der Waals surface area contributed by atoms with Crippen LogP contribution in [0.1, 0.15) is 41.3 Å². The highest BCUT2D eigenvalue weighted by atomic mass is 16.2. The number of carbonyl (C=O) groups is 1. The van der Waals surface area contributed by atoms with Crippen molar-refractivity contribution in [2.45, 2.75) is 38.3 Å². The van der Waals surface area contributed by atoms with Crippen molar-refractivity contribution in [1.82, 2.24) is 20.2 Å². The second kappa shape index (κ2) is 6.69. The molecule has 0 spiro atoms. The molecule has 2 heterocycles. The van der Waals surface area contributed by atoms with Crippen molar-refractivity contribution < 1.29 is 4.79 Å². The van der Waals surface area contributed by atoms with Gasteiger partial charge in [0.25, 0.3) is 0 Å². The van der Waals surface area contributed by atoms with Gasteiger partial charge < -0.3 is 5.32 Å². The van der Waals surface area contributed by atoms with Crippen LogP contribution >= 0.6 is 0 Å². The number of amides is 1. The number of hydrogen-bond donors (Lipinski definition) is 1. The smallest absolute Gasteiger partial charge is 0.234 e. The summed E-state index contributed by atoms with van der Waals surface area (Å²) in [5.74, 6) is 0.106. The SMILES string of the molecule is O=C(CN1CCc2cncnc2C1)NC1CCCc2ccccc21. The zero-order valence-corrected chi connectivity index (χ0v) is 13.7. The van der Waals surface area contributed by atoms with E-state index in [1.807, 2.05) is 6.20 Å². The molecule has 1 aliphatic carbocycles. The normalized spacial score (nSPS) is 20.1. The maximum absolute atomic E-state index is 12.5. The molecular formula is C19H22N4O. The summed E-state index contributed by atoms with van der Waals surface area (Å²) >= 11 is 0.